The van der Waals surface area contributed by atoms with Gasteiger partial charge < -0.3 is 10.2 Å². The normalized spacial score (nSPS) is 24.8. The molecule has 5 nitrogen and oxygen atoms in total. The van der Waals surface area contributed by atoms with E-state index in [0.29, 0.717) is 6.54 Å². The average molecular weight is 329 g/mol. The van der Waals surface area contributed by atoms with Gasteiger partial charge in [-0.25, -0.2) is 0 Å². The van der Waals surface area contributed by atoms with Gasteiger partial charge in [0.05, 0.1) is 6.04 Å². The third-order valence-corrected chi connectivity index (χ3v) is 5.02. The third-order valence-electron chi connectivity index (χ3n) is 5.02. The lowest BCUT2D eigenvalue weighted by Gasteiger charge is -2.36. The Morgan fingerprint density at radius 3 is 2.62 bits per heavy atom. The molecule has 2 aliphatic heterocycles. The van der Waals surface area contributed by atoms with Crippen LogP contribution >= 0.6 is 0 Å². The minimum Gasteiger partial charge on any atom is -0.352 e. The molecule has 130 valence electrons. The summed E-state index contributed by atoms with van der Waals surface area (Å²) in [6.07, 6.45) is 3.93. The van der Waals surface area contributed by atoms with Gasteiger partial charge in [-0.15, -0.1) is 0 Å². The van der Waals surface area contributed by atoms with Gasteiger partial charge in [-0.3, -0.25) is 14.5 Å². The molecule has 2 saturated heterocycles. The van der Waals surface area contributed by atoms with Crippen LogP contribution in [0.3, 0.4) is 0 Å². The first-order chi connectivity index (χ1) is 11.6. The number of amides is 2. The fraction of sp³-hybridized carbons (Fsp3) is 0.579. The lowest BCUT2D eigenvalue weighted by Crippen LogP contribution is -2.53. The number of carbonyl (C=O) groups is 2. The highest BCUT2D eigenvalue weighted by atomic mass is 16.2. The Hall–Kier alpha value is -1.88. The molecule has 0 radical (unpaired) electrons. The van der Waals surface area contributed by atoms with Gasteiger partial charge in [0.25, 0.3) is 0 Å². The molecule has 0 unspecified atom stereocenters. The highest BCUT2D eigenvalue weighted by molar-refractivity contribution is 5.82. The van der Waals surface area contributed by atoms with E-state index in [1.807, 2.05) is 23.1 Å². The van der Waals surface area contributed by atoms with Crippen molar-refractivity contribution in [3.8, 4) is 0 Å². The minimum absolute atomic E-state index is 0.0127. The van der Waals surface area contributed by atoms with Gasteiger partial charge in [0, 0.05) is 32.6 Å². The standard InChI is InChI=1S/C19H27N3O2/c1-15(23)20-17-9-5-12-22(14-17)19(24)18-10-6-11-21(18)13-16-7-3-2-4-8-16/h2-4,7-8,17-18H,5-6,9-14H2,1H3,(H,20,23)/t17-,18-/m0/s1. The Labute approximate surface area is 144 Å². The zero-order valence-electron chi connectivity index (χ0n) is 14.4. The summed E-state index contributed by atoms with van der Waals surface area (Å²) >= 11 is 0. The molecule has 24 heavy (non-hydrogen) atoms. The summed E-state index contributed by atoms with van der Waals surface area (Å²) in [5.41, 5.74) is 1.26. The summed E-state index contributed by atoms with van der Waals surface area (Å²) in [6, 6.07) is 10.4. The summed E-state index contributed by atoms with van der Waals surface area (Å²) in [6.45, 7) is 4.81. The lowest BCUT2D eigenvalue weighted by molar-refractivity contribution is -0.138. The first-order valence-corrected chi connectivity index (χ1v) is 8.97. The number of likely N-dealkylation sites (tertiary alicyclic amines) is 2. The largest absolute Gasteiger partial charge is 0.352 e. The maximum Gasteiger partial charge on any atom is 0.240 e. The monoisotopic (exact) mass is 329 g/mol. The van der Waals surface area contributed by atoms with Gasteiger partial charge in [0.15, 0.2) is 0 Å². The van der Waals surface area contributed by atoms with E-state index >= 15 is 0 Å². The molecule has 2 atom stereocenters. The van der Waals surface area contributed by atoms with Crippen molar-refractivity contribution in [3.05, 3.63) is 35.9 Å². The molecule has 0 aliphatic carbocycles. The van der Waals surface area contributed by atoms with Crippen molar-refractivity contribution >= 4 is 11.8 Å². The lowest BCUT2D eigenvalue weighted by atomic mass is 10.0. The fourth-order valence-electron chi connectivity index (χ4n) is 3.91. The fourth-order valence-corrected chi connectivity index (χ4v) is 3.91. The molecule has 2 fully saturated rings. The average Bonchev–Trinajstić information content (AvgIpc) is 3.03. The molecule has 0 saturated carbocycles. The number of rotatable bonds is 4. The van der Waals surface area contributed by atoms with Crippen molar-refractivity contribution in [2.75, 3.05) is 19.6 Å². The number of nitrogens with zero attached hydrogens (tertiary/aromatic N) is 2. The van der Waals surface area contributed by atoms with Crippen LogP contribution in [0.15, 0.2) is 30.3 Å². The molecule has 2 amide bonds. The van der Waals surface area contributed by atoms with E-state index in [2.05, 4.69) is 22.3 Å². The molecule has 0 aromatic heterocycles. The van der Waals surface area contributed by atoms with E-state index < -0.39 is 0 Å². The van der Waals surface area contributed by atoms with Crippen LogP contribution in [-0.2, 0) is 16.1 Å². The van der Waals surface area contributed by atoms with E-state index in [9.17, 15) is 9.59 Å². The molecule has 2 heterocycles. The number of carbonyl (C=O) groups excluding carboxylic acids is 2. The van der Waals surface area contributed by atoms with Gasteiger partial charge in [0.1, 0.15) is 0 Å². The maximum atomic E-state index is 13.0. The second-order valence-electron chi connectivity index (χ2n) is 6.94. The number of piperidine rings is 1. The predicted octanol–water partition coefficient (Wildman–Crippen LogP) is 1.78. The SMILES string of the molecule is CC(=O)N[C@H]1CCCN(C(=O)[C@@H]2CCCN2Cc2ccccc2)C1. The van der Waals surface area contributed by atoms with Crippen LogP contribution in [0.2, 0.25) is 0 Å². The van der Waals surface area contributed by atoms with Crippen LogP contribution < -0.4 is 5.32 Å². The topological polar surface area (TPSA) is 52.7 Å². The van der Waals surface area contributed by atoms with Crippen molar-refractivity contribution < 1.29 is 9.59 Å². The van der Waals surface area contributed by atoms with Gasteiger partial charge in [-0.05, 0) is 37.8 Å². The molecule has 5 heteroatoms. The van der Waals surface area contributed by atoms with Gasteiger partial charge in [0.2, 0.25) is 11.8 Å². The zero-order chi connectivity index (χ0) is 16.9. The van der Waals surface area contributed by atoms with Crippen molar-refractivity contribution in [1.82, 2.24) is 15.1 Å². The number of benzene rings is 1. The molecular weight excluding hydrogens is 302 g/mol. The second-order valence-corrected chi connectivity index (χ2v) is 6.94. The predicted molar refractivity (Wildman–Crippen MR) is 93.3 cm³/mol. The Bertz CT molecular complexity index is 575. The Morgan fingerprint density at radius 1 is 1.12 bits per heavy atom. The van der Waals surface area contributed by atoms with E-state index in [4.69, 9.17) is 0 Å². The van der Waals surface area contributed by atoms with Crippen molar-refractivity contribution in [3.63, 3.8) is 0 Å². The first kappa shape index (κ1) is 17.0. The van der Waals surface area contributed by atoms with E-state index in [0.717, 1.165) is 45.3 Å². The van der Waals surface area contributed by atoms with Crippen LogP contribution in [0.25, 0.3) is 0 Å². The molecule has 1 aromatic carbocycles. The summed E-state index contributed by atoms with van der Waals surface area (Å²) in [5, 5.41) is 2.96. The quantitative estimate of drug-likeness (QED) is 0.916. The molecule has 1 aromatic rings. The third kappa shape index (κ3) is 4.15. The summed E-state index contributed by atoms with van der Waals surface area (Å²) in [4.78, 5) is 28.5. The van der Waals surface area contributed by atoms with Crippen LogP contribution in [0.1, 0.15) is 38.2 Å². The summed E-state index contributed by atoms with van der Waals surface area (Å²) in [7, 11) is 0. The van der Waals surface area contributed by atoms with Gasteiger partial charge >= 0.3 is 0 Å². The first-order valence-electron chi connectivity index (χ1n) is 8.97. The number of hydrogen-bond acceptors (Lipinski definition) is 3. The molecular formula is C19H27N3O2. The highest BCUT2D eigenvalue weighted by Crippen LogP contribution is 2.23. The Morgan fingerprint density at radius 2 is 1.88 bits per heavy atom. The number of hydrogen-bond donors (Lipinski definition) is 1. The molecule has 0 bridgehead atoms. The van der Waals surface area contributed by atoms with E-state index in [-0.39, 0.29) is 23.9 Å². The van der Waals surface area contributed by atoms with Gasteiger partial charge in [-0.2, -0.15) is 0 Å². The van der Waals surface area contributed by atoms with Crippen LogP contribution in [0.4, 0.5) is 0 Å². The summed E-state index contributed by atoms with van der Waals surface area (Å²) < 4.78 is 0. The van der Waals surface area contributed by atoms with E-state index in [1.54, 1.807) is 6.92 Å². The Kier molecular flexibility index (Phi) is 5.51. The number of nitrogens with one attached hydrogen (secondary N) is 1. The highest BCUT2D eigenvalue weighted by Gasteiger charge is 2.35. The Balaban J connectivity index is 1.61. The molecule has 0 spiro atoms. The minimum atomic E-state index is -0.0131. The van der Waals surface area contributed by atoms with Gasteiger partial charge in [-0.1, -0.05) is 30.3 Å². The molecule has 2 aliphatic rings. The van der Waals surface area contributed by atoms with Crippen molar-refractivity contribution in [2.45, 2.75) is 51.2 Å². The molecule has 1 N–H and O–H groups in total. The zero-order valence-corrected chi connectivity index (χ0v) is 14.4. The second kappa shape index (κ2) is 7.79. The maximum absolute atomic E-state index is 13.0. The van der Waals surface area contributed by atoms with Crippen LogP contribution in [-0.4, -0.2) is 53.3 Å². The van der Waals surface area contributed by atoms with Crippen molar-refractivity contribution in [2.24, 2.45) is 0 Å². The molecule has 3 rings (SSSR count). The van der Waals surface area contributed by atoms with Crippen LogP contribution in [0, 0.1) is 0 Å². The smallest absolute Gasteiger partial charge is 0.240 e. The van der Waals surface area contributed by atoms with E-state index in [1.165, 1.54) is 5.56 Å². The summed E-state index contributed by atoms with van der Waals surface area (Å²) in [5.74, 6) is 0.222. The van der Waals surface area contributed by atoms with Crippen LogP contribution in [0.5, 0.6) is 0 Å². The van der Waals surface area contributed by atoms with Crippen molar-refractivity contribution in [1.29, 1.82) is 0 Å².